The number of nitrogens with zero attached hydrogens (tertiary/aromatic N) is 1. The SMILES string of the molecule is Cc1ccsc1CCC(=O)NCc1ccnc(-c2ccsc2)c1. The normalized spacial score (nSPS) is 10.7. The second kappa shape index (κ2) is 7.53. The summed E-state index contributed by atoms with van der Waals surface area (Å²) < 4.78 is 0. The van der Waals surface area contributed by atoms with Gasteiger partial charge in [-0.05, 0) is 59.5 Å². The van der Waals surface area contributed by atoms with Gasteiger partial charge in [0.05, 0.1) is 5.69 Å². The lowest BCUT2D eigenvalue weighted by atomic mass is 10.1. The summed E-state index contributed by atoms with van der Waals surface area (Å²) >= 11 is 3.38. The summed E-state index contributed by atoms with van der Waals surface area (Å²) in [5, 5.41) is 9.19. The predicted octanol–water partition coefficient (Wildman–Crippen LogP) is 4.43. The van der Waals surface area contributed by atoms with Crippen LogP contribution in [0.3, 0.4) is 0 Å². The van der Waals surface area contributed by atoms with Gasteiger partial charge in [-0.1, -0.05) is 0 Å². The van der Waals surface area contributed by atoms with Crippen molar-refractivity contribution in [2.24, 2.45) is 0 Å². The van der Waals surface area contributed by atoms with Crippen LogP contribution in [0.1, 0.15) is 22.4 Å². The van der Waals surface area contributed by atoms with Gasteiger partial charge in [-0.3, -0.25) is 9.78 Å². The zero-order chi connectivity index (χ0) is 16.1. The van der Waals surface area contributed by atoms with Crippen LogP contribution in [0.25, 0.3) is 11.3 Å². The summed E-state index contributed by atoms with van der Waals surface area (Å²) in [5.41, 5.74) is 4.42. The second-order valence-electron chi connectivity index (χ2n) is 5.36. The number of rotatable bonds is 6. The summed E-state index contributed by atoms with van der Waals surface area (Å²) in [7, 11) is 0. The molecule has 3 nitrogen and oxygen atoms in total. The molecule has 23 heavy (non-hydrogen) atoms. The lowest BCUT2D eigenvalue weighted by molar-refractivity contribution is -0.121. The highest BCUT2D eigenvalue weighted by Gasteiger charge is 2.06. The number of hydrogen-bond donors (Lipinski definition) is 1. The molecule has 0 aromatic carbocycles. The van der Waals surface area contributed by atoms with Crippen LogP contribution in [-0.2, 0) is 17.8 Å². The lowest BCUT2D eigenvalue weighted by Crippen LogP contribution is -2.23. The molecule has 0 fully saturated rings. The second-order valence-corrected chi connectivity index (χ2v) is 7.15. The third kappa shape index (κ3) is 4.27. The highest BCUT2D eigenvalue weighted by molar-refractivity contribution is 7.10. The fourth-order valence-corrected chi connectivity index (χ4v) is 3.89. The minimum atomic E-state index is 0.0895. The largest absolute Gasteiger partial charge is 0.352 e. The van der Waals surface area contributed by atoms with Gasteiger partial charge >= 0.3 is 0 Å². The molecule has 3 heterocycles. The standard InChI is InChI=1S/C18H18N2OS2/c1-13-5-9-23-17(13)2-3-18(21)20-11-14-4-7-19-16(10-14)15-6-8-22-12-15/h4-10,12H,2-3,11H2,1H3,(H,20,21). The molecular weight excluding hydrogens is 324 g/mol. The number of hydrogen-bond acceptors (Lipinski definition) is 4. The molecule has 0 radical (unpaired) electrons. The molecule has 0 aliphatic rings. The van der Waals surface area contributed by atoms with E-state index in [1.165, 1.54) is 10.4 Å². The molecule has 0 spiro atoms. The minimum Gasteiger partial charge on any atom is -0.352 e. The van der Waals surface area contributed by atoms with Gasteiger partial charge in [0.25, 0.3) is 0 Å². The predicted molar refractivity (Wildman–Crippen MR) is 96.8 cm³/mol. The van der Waals surface area contributed by atoms with Gasteiger partial charge in [-0.15, -0.1) is 11.3 Å². The van der Waals surface area contributed by atoms with Crippen molar-refractivity contribution in [3.8, 4) is 11.3 Å². The number of aryl methyl sites for hydroxylation is 2. The van der Waals surface area contributed by atoms with Gasteiger partial charge in [0, 0.05) is 35.0 Å². The topological polar surface area (TPSA) is 42.0 Å². The van der Waals surface area contributed by atoms with Crippen molar-refractivity contribution < 1.29 is 4.79 Å². The lowest BCUT2D eigenvalue weighted by Gasteiger charge is -2.06. The molecule has 0 bridgehead atoms. The molecule has 3 aromatic heterocycles. The number of pyridine rings is 1. The number of amides is 1. The first-order chi connectivity index (χ1) is 11.2. The summed E-state index contributed by atoms with van der Waals surface area (Å²) in [5.74, 6) is 0.0895. The van der Waals surface area contributed by atoms with Crippen molar-refractivity contribution in [3.05, 3.63) is 62.6 Å². The highest BCUT2D eigenvalue weighted by atomic mass is 32.1. The molecule has 1 amide bonds. The molecule has 0 saturated carbocycles. The first-order valence-corrected chi connectivity index (χ1v) is 9.32. The van der Waals surface area contributed by atoms with E-state index in [9.17, 15) is 4.79 Å². The first kappa shape index (κ1) is 15.9. The Bertz CT molecular complexity index is 778. The Hall–Kier alpha value is -1.98. The van der Waals surface area contributed by atoms with E-state index in [-0.39, 0.29) is 5.91 Å². The van der Waals surface area contributed by atoms with Crippen LogP contribution >= 0.6 is 22.7 Å². The Labute approximate surface area is 144 Å². The van der Waals surface area contributed by atoms with Crippen LogP contribution in [0.15, 0.2) is 46.6 Å². The van der Waals surface area contributed by atoms with Gasteiger partial charge in [0.15, 0.2) is 0 Å². The van der Waals surface area contributed by atoms with Crippen LogP contribution in [0.5, 0.6) is 0 Å². The summed E-state index contributed by atoms with van der Waals surface area (Å²) in [6.45, 7) is 2.63. The molecule has 3 aromatic rings. The van der Waals surface area contributed by atoms with Crippen molar-refractivity contribution in [1.82, 2.24) is 10.3 Å². The van der Waals surface area contributed by atoms with Crippen molar-refractivity contribution in [1.29, 1.82) is 0 Å². The van der Waals surface area contributed by atoms with Gasteiger partial charge in [0.1, 0.15) is 0 Å². The van der Waals surface area contributed by atoms with E-state index < -0.39 is 0 Å². The average Bonchev–Trinajstić information content (AvgIpc) is 3.23. The van der Waals surface area contributed by atoms with E-state index in [0.29, 0.717) is 13.0 Å². The Morgan fingerprint density at radius 3 is 2.91 bits per heavy atom. The van der Waals surface area contributed by atoms with Gasteiger partial charge < -0.3 is 5.32 Å². The maximum absolute atomic E-state index is 12.0. The molecule has 1 N–H and O–H groups in total. The van der Waals surface area contributed by atoms with Gasteiger partial charge in [0.2, 0.25) is 5.91 Å². The van der Waals surface area contributed by atoms with E-state index in [0.717, 1.165) is 23.2 Å². The van der Waals surface area contributed by atoms with Crippen LogP contribution in [0.4, 0.5) is 0 Å². The maximum Gasteiger partial charge on any atom is 0.220 e. The third-order valence-corrected chi connectivity index (χ3v) is 5.44. The average molecular weight is 342 g/mol. The Morgan fingerprint density at radius 2 is 2.17 bits per heavy atom. The summed E-state index contributed by atoms with van der Waals surface area (Å²) in [4.78, 5) is 17.7. The number of nitrogens with one attached hydrogen (secondary N) is 1. The fourth-order valence-electron chi connectivity index (χ4n) is 2.33. The highest BCUT2D eigenvalue weighted by Crippen LogP contribution is 2.20. The fraction of sp³-hybridized carbons (Fsp3) is 0.222. The van der Waals surface area contributed by atoms with E-state index in [2.05, 4.69) is 40.1 Å². The zero-order valence-corrected chi connectivity index (χ0v) is 14.5. The van der Waals surface area contributed by atoms with Crippen molar-refractivity contribution in [2.45, 2.75) is 26.3 Å². The van der Waals surface area contributed by atoms with E-state index in [1.807, 2.05) is 17.5 Å². The molecule has 0 saturated heterocycles. The number of carbonyl (C=O) groups excluding carboxylic acids is 1. The molecular formula is C18H18N2OS2. The Balaban J connectivity index is 1.53. The first-order valence-electron chi connectivity index (χ1n) is 7.49. The molecule has 0 atom stereocenters. The molecule has 5 heteroatoms. The van der Waals surface area contributed by atoms with E-state index in [1.54, 1.807) is 28.9 Å². The van der Waals surface area contributed by atoms with Crippen molar-refractivity contribution in [2.75, 3.05) is 0 Å². The number of carbonyl (C=O) groups is 1. The quantitative estimate of drug-likeness (QED) is 0.720. The molecule has 3 rings (SSSR count). The molecule has 0 aliphatic heterocycles. The van der Waals surface area contributed by atoms with Crippen LogP contribution < -0.4 is 5.32 Å². The molecule has 118 valence electrons. The maximum atomic E-state index is 12.0. The summed E-state index contributed by atoms with van der Waals surface area (Å²) in [6, 6.07) is 8.13. The van der Waals surface area contributed by atoms with Crippen LogP contribution in [0, 0.1) is 6.92 Å². The Kier molecular flexibility index (Phi) is 5.20. The van der Waals surface area contributed by atoms with Crippen molar-refractivity contribution in [3.63, 3.8) is 0 Å². The zero-order valence-electron chi connectivity index (χ0n) is 12.9. The van der Waals surface area contributed by atoms with Crippen LogP contribution in [-0.4, -0.2) is 10.9 Å². The smallest absolute Gasteiger partial charge is 0.220 e. The number of aromatic nitrogens is 1. The Morgan fingerprint density at radius 1 is 1.26 bits per heavy atom. The molecule has 0 unspecified atom stereocenters. The molecule has 0 aliphatic carbocycles. The summed E-state index contributed by atoms with van der Waals surface area (Å²) in [6.07, 6.45) is 3.14. The van der Waals surface area contributed by atoms with Crippen molar-refractivity contribution >= 4 is 28.6 Å². The van der Waals surface area contributed by atoms with E-state index in [4.69, 9.17) is 0 Å². The van der Waals surface area contributed by atoms with E-state index >= 15 is 0 Å². The minimum absolute atomic E-state index is 0.0895. The van der Waals surface area contributed by atoms with Gasteiger partial charge in [-0.2, -0.15) is 11.3 Å². The van der Waals surface area contributed by atoms with Crippen LogP contribution in [0.2, 0.25) is 0 Å². The number of thiophene rings is 2. The third-order valence-electron chi connectivity index (χ3n) is 3.68. The van der Waals surface area contributed by atoms with Gasteiger partial charge in [-0.25, -0.2) is 0 Å². The monoisotopic (exact) mass is 342 g/mol.